The summed E-state index contributed by atoms with van der Waals surface area (Å²) in [7, 11) is 0. The maximum Gasteiger partial charge on any atom is 0.410 e. The van der Waals surface area contributed by atoms with Gasteiger partial charge in [-0.25, -0.2) is 4.79 Å². The lowest BCUT2D eigenvalue weighted by Gasteiger charge is -2.47. The van der Waals surface area contributed by atoms with E-state index in [9.17, 15) is 9.59 Å². The van der Waals surface area contributed by atoms with Crippen molar-refractivity contribution in [1.29, 1.82) is 0 Å². The lowest BCUT2D eigenvalue weighted by Crippen LogP contribution is -2.56. The van der Waals surface area contributed by atoms with Crippen LogP contribution in [0.1, 0.15) is 81.8 Å². The SMILES string of the molecule is CCN(CC)C(=O)c1ccc(C2=CC3(CC4CCC(C3)N4C(=O)OC(C)(C)C)Oc3ccccc32)cc1. The summed E-state index contributed by atoms with van der Waals surface area (Å²) < 4.78 is 12.5. The van der Waals surface area contributed by atoms with Crippen LogP contribution in [0.2, 0.25) is 0 Å². The molecule has 2 atom stereocenters. The molecule has 0 radical (unpaired) electrons. The Labute approximate surface area is 220 Å². The van der Waals surface area contributed by atoms with E-state index in [0.29, 0.717) is 18.7 Å². The summed E-state index contributed by atoms with van der Waals surface area (Å²) in [6, 6.07) is 16.3. The molecule has 196 valence electrons. The number of ether oxygens (including phenoxy) is 2. The number of para-hydroxylation sites is 1. The molecule has 6 heteroatoms. The predicted octanol–water partition coefficient (Wildman–Crippen LogP) is 6.29. The first-order valence-electron chi connectivity index (χ1n) is 13.6. The lowest BCUT2D eigenvalue weighted by molar-refractivity contribution is -0.0262. The number of fused-ring (bicyclic) bond motifs is 3. The number of carbonyl (C=O) groups excluding carboxylic acids is 2. The molecule has 2 bridgehead atoms. The average molecular weight is 503 g/mol. The summed E-state index contributed by atoms with van der Waals surface area (Å²) >= 11 is 0. The molecule has 3 aliphatic heterocycles. The highest BCUT2D eigenvalue weighted by Gasteiger charge is 2.52. The van der Waals surface area contributed by atoms with E-state index in [4.69, 9.17) is 9.47 Å². The molecule has 2 saturated heterocycles. The normalized spacial score (nSPS) is 24.2. The van der Waals surface area contributed by atoms with Gasteiger partial charge >= 0.3 is 6.09 Å². The average Bonchev–Trinajstić information content (AvgIpc) is 3.15. The van der Waals surface area contributed by atoms with Crippen molar-refractivity contribution in [2.45, 2.75) is 83.6 Å². The van der Waals surface area contributed by atoms with Crippen LogP contribution in [-0.4, -0.2) is 58.2 Å². The highest BCUT2D eigenvalue weighted by molar-refractivity contribution is 5.95. The van der Waals surface area contributed by atoms with Gasteiger partial charge in [0.2, 0.25) is 0 Å². The van der Waals surface area contributed by atoms with Crippen LogP contribution in [-0.2, 0) is 4.74 Å². The van der Waals surface area contributed by atoms with Crippen molar-refractivity contribution in [2.75, 3.05) is 13.1 Å². The van der Waals surface area contributed by atoms with Gasteiger partial charge in [-0.2, -0.15) is 0 Å². The van der Waals surface area contributed by atoms with Crippen LogP contribution >= 0.6 is 0 Å². The van der Waals surface area contributed by atoms with Gasteiger partial charge in [-0.1, -0.05) is 30.3 Å². The third-order valence-corrected chi connectivity index (χ3v) is 7.78. The molecule has 3 aliphatic rings. The standard InChI is InChI=1S/C31H38N2O4/c1-6-32(7-2)28(34)22-14-12-21(13-15-22)26-20-31(36-27-11-9-8-10-25(26)27)18-23-16-17-24(19-31)33(23)29(35)37-30(3,4)5/h8-15,20,23-24H,6-7,16-19H2,1-5H3. The molecule has 0 aliphatic carbocycles. The molecular formula is C31H38N2O4. The third kappa shape index (κ3) is 4.86. The Morgan fingerprint density at radius 2 is 1.62 bits per heavy atom. The van der Waals surface area contributed by atoms with Gasteiger partial charge in [-0.15, -0.1) is 0 Å². The Bertz CT molecular complexity index is 1190. The van der Waals surface area contributed by atoms with Crippen LogP contribution in [0.5, 0.6) is 5.75 Å². The van der Waals surface area contributed by atoms with E-state index < -0.39 is 11.2 Å². The van der Waals surface area contributed by atoms with Gasteiger partial charge in [0, 0.05) is 49.1 Å². The Kier molecular flexibility index (Phi) is 6.55. The van der Waals surface area contributed by atoms with Crippen LogP contribution in [0, 0.1) is 0 Å². The summed E-state index contributed by atoms with van der Waals surface area (Å²) in [6.07, 6.45) is 5.44. The van der Waals surface area contributed by atoms with Gasteiger partial charge in [-0.3, -0.25) is 4.79 Å². The largest absolute Gasteiger partial charge is 0.482 e. The first-order valence-corrected chi connectivity index (χ1v) is 13.6. The Morgan fingerprint density at radius 3 is 2.22 bits per heavy atom. The minimum Gasteiger partial charge on any atom is -0.482 e. The van der Waals surface area contributed by atoms with Crippen molar-refractivity contribution < 1.29 is 19.1 Å². The van der Waals surface area contributed by atoms with Crippen molar-refractivity contribution in [2.24, 2.45) is 0 Å². The fourth-order valence-electron chi connectivity index (χ4n) is 6.15. The summed E-state index contributed by atoms with van der Waals surface area (Å²) in [6.45, 7) is 11.1. The second-order valence-electron chi connectivity index (χ2n) is 11.5. The van der Waals surface area contributed by atoms with Crippen LogP contribution < -0.4 is 4.74 Å². The van der Waals surface area contributed by atoms with E-state index in [1.807, 2.05) is 86.9 Å². The van der Waals surface area contributed by atoms with Gasteiger partial charge in [-0.05, 0) is 82.9 Å². The number of rotatable bonds is 4. The highest BCUT2D eigenvalue weighted by atomic mass is 16.6. The number of hydrogen-bond donors (Lipinski definition) is 0. The van der Waals surface area contributed by atoms with E-state index >= 15 is 0 Å². The molecule has 37 heavy (non-hydrogen) atoms. The maximum absolute atomic E-state index is 13.0. The summed E-state index contributed by atoms with van der Waals surface area (Å²) in [5, 5.41) is 0. The number of nitrogens with zero attached hydrogens (tertiary/aromatic N) is 2. The summed E-state index contributed by atoms with van der Waals surface area (Å²) in [5.74, 6) is 0.925. The van der Waals surface area contributed by atoms with E-state index in [0.717, 1.165) is 48.1 Å². The maximum atomic E-state index is 13.0. The Morgan fingerprint density at radius 1 is 1.00 bits per heavy atom. The number of piperidine rings is 1. The molecule has 2 aromatic carbocycles. The molecule has 0 aromatic heterocycles. The number of hydrogen-bond acceptors (Lipinski definition) is 4. The smallest absolute Gasteiger partial charge is 0.410 e. The number of benzene rings is 2. The van der Waals surface area contributed by atoms with Gasteiger partial charge in [0.15, 0.2) is 0 Å². The van der Waals surface area contributed by atoms with Crippen molar-refractivity contribution in [3.63, 3.8) is 0 Å². The fraction of sp³-hybridized carbons (Fsp3) is 0.484. The molecule has 0 saturated carbocycles. The molecule has 2 fully saturated rings. The number of amides is 2. The molecular weight excluding hydrogens is 464 g/mol. The van der Waals surface area contributed by atoms with Crippen molar-refractivity contribution in [3.05, 3.63) is 71.3 Å². The lowest BCUT2D eigenvalue weighted by atomic mass is 9.80. The zero-order valence-corrected chi connectivity index (χ0v) is 22.6. The van der Waals surface area contributed by atoms with Crippen LogP contribution in [0.3, 0.4) is 0 Å². The second kappa shape index (κ2) is 9.55. The molecule has 2 unspecified atom stereocenters. The van der Waals surface area contributed by atoms with E-state index in [2.05, 4.69) is 12.1 Å². The first-order chi connectivity index (χ1) is 17.6. The second-order valence-corrected chi connectivity index (χ2v) is 11.5. The fourth-order valence-corrected chi connectivity index (χ4v) is 6.15. The van der Waals surface area contributed by atoms with Crippen molar-refractivity contribution in [3.8, 4) is 5.75 Å². The summed E-state index contributed by atoms with van der Waals surface area (Å²) in [4.78, 5) is 29.7. The van der Waals surface area contributed by atoms with Crippen molar-refractivity contribution >= 4 is 17.6 Å². The van der Waals surface area contributed by atoms with Gasteiger partial charge in [0.05, 0.1) is 0 Å². The highest BCUT2D eigenvalue weighted by Crippen LogP contribution is 2.49. The predicted molar refractivity (Wildman–Crippen MR) is 145 cm³/mol. The molecule has 5 rings (SSSR count). The van der Waals surface area contributed by atoms with E-state index in [-0.39, 0.29) is 24.1 Å². The molecule has 6 nitrogen and oxygen atoms in total. The van der Waals surface area contributed by atoms with Gasteiger partial charge in [0.1, 0.15) is 17.0 Å². The molecule has 2 amide bonds. The monoisotopic (exact) mass is 502 g/mol. The zero-order valence-electron chi connectivity index (χ0n) is 22.6. The molecule has 0 N–H and O–H groups in total. The molecule has 3 heterocycles. The minimum absolute atomic E-state index is 0.0560. The quantitative estimate of drug-likeness (QED) is 0.493. The Hall–Kier alpha value is -3.28. The number of carbonyl (C=O) groups is 2. The third-order valence-electron chi connectivity index (χ3n) is 7.78. The van der Waals surface area contributed by atoms with Crippen LogP contribution in [0.4, 0.5) is 4.79 Å². The van der Waals surface area contributed by atoms with Gasteiger partial charge < -0.3 is 19.3 Å². The first kappa shape index (κ1) is 25.4. The topological polar surface area (TPSA) is 59.1 Å². The molecule has 2 aromatic rings. The Balaban J connectivity index is 1.46. The van der Waals surface area contributed by atoms with E-state index in [1.54, 1.807) is 0 Å². The van der Waals surface area contributed by atoms with Crippen LogP contribution in [0.15, 0.2) is 54.6 Å². The minimum atomic E-state index is -0.516. The van der Waals surface area contributed by atoms with Crippen molar-refractivity contribution in [1.82, 2.24) is 9.80 Å². The van der Waals surface area contributed by atoms with Gasteiger partial charge in [0.25, 0.3) is 5.91 Å². The van der Waals surface area contributed by atoms with E-state index in [1.165, 1.54) is 0 Å². The summed E-state index contributed by atoms with van der Waals surface area (Å²) in [5.41, 5.74) is 2.94. The van der Waals surface area contributed by atoms with Crippen LogP contribution in [0.25, 0.3) is 5.57 Å². The zero-order chi connectivity index (χ0) is 26.4. The molecule has 1 spiro atoms.